The quantitative estimate of drug-likeness (QED) is 0.838. The molecule has 0 aliphatic carbocycles. The summed E-state index contributed by atoms with van der Waals surface area (Å²) in [5.74, 6) is -0.0261. The Bertz CT molecular complexity index is 490. The fraction of sp³-hybridized carbons (Fsp3) is 0.611. The van der Waals surface area contributed by atoms with E-state index in [1.807, 2.05) is 31.2 Å². The Morgan fingerprint density at radius 3 is 2.26 bits per heavy atom. The van der Waals surface area contributed by atoms with Crippen LogP contribution in [0.5, 0.6) is 0 Å². The summed E-state index contributed by atoms with van der Waals surface area (Å²) in [6.07, 6.45) is 0.796. The van der Waals surface area contributed by atoms with Crippen molar-refractivity contribution in [2.45, 2.75) is 39.3 Å². The van der Waals surface area contributed by atoms with E-state index in [1.54, 1.807) is 0 Å². The van der Waals surface area contributed by atoms with Crippen molar-refractivity contribution in [3.05, 3.63) is 29.8 Å². The van der Waals surface area contributed by atoms with Gasteiger partial charge in [0.1, 0.15) is 0 Å². The maximum Gasteiger partial charge on any atom is 0.251 e. The molecule has 0 radical (unpaired) electrons. The molecular weight excluding hydrogens is 288 g/mol. The van der Waals surface area contributed by atoms with Crippen molar-refractivity contribution in [1.82, 2.24) is 10.2 Å². The highest BCUT2D eigenvalue weighted by molar-refractivity contribution is 5.94. The fourth-order valence-electron chi connectivity index (χ4n) is 2.84. The van der Waals surface area contributed by atoms with Crippen molar-refractivity contribution < 1.29 is 4.79 Å². The summed E-state index contributed by atoms with van der Waals surface area (Å²) in [5, 5.41) is 2.91. The van der Waals surface area contributed by atoms with Gasteiger partial charge in [0.2, 0.25) is 0 Å². The van der Waals surface area contributed by atoms with Crippen molar-refractivity contribution >= 4 is 11.6 Å². The molecule has 1 amide bonds. The van der Waals surface area contributed by atoms with E-state index in [9.17, 15) is 4.79 Å². The van der Waals surface area contributed by atoms with Crippen LogP contribution in [0, 0.1) is 0 Å². The van der Waals surface area contributed by atoms with Gasteiger partial charge in [0.05, 0.1) is 0 Å². The van der Waals surface area contributed by atoms with E-state index in [-0.39, 0.29) is 11.9 Å². The van der Waals surface area contributed by atoms with E-state index in [2.05, 4.69) is 29.0 Å². The highest BCUT2D eigenvalue weighted by Gasteiger charge is 2.19. The van der Waals surface area contributed by atoms with Gasteiger partial charge in [-0.15, -0.1) is 0 Å². The van der Waals surface area contributed by atoms with E-state index >= 15 is 0 Å². The van der Waals surface area contributed by atoms with Gasteiger partial charge in [0.15, 0.2) is 0 Å². The Kier molecular flexibility index (Phi) is 6.42. The molecule has 0 bridgehead atoms. The lowest BCUT2D eigenvalue weighted by molar-refractivity contribution is 0.0953. The Morgan fingerprint density at radius 2 is 1.74 bits per heavy atom. The van der Waals surface area contributed by atoms with Gasteiger partial charge in [-0.25, -0.2) is 0 Å². The second kappa shape index (κ2) is 8.31. The van der Waals surface area contributed by atoms with Crippen LogP contribution in [0.2, 0.25) is 0 Å². The van der Waals surface area contributed by atoms with Gasteiger partial charge in [-0.3, -0.25) is 9.69 Å². The van der Waals surface area contributed by atoms with Crippen LogP contribution >= 0.6 is 0 Å². The topological polar surface area (TPSA) is 61.6 Å². The maximum absolute atomic E-state index is 12.1. The largest absolute Gasteiger partial charge is 0.369 e. The van der Waals surface area contributed by atoms with Gasteiger partial charge in [0.25, 0.3) is 5.91 Å². The number of nitrogens with one attached hydrogen (secondary N) is 1. The first-order valence-electron chi connectivity index (χ1n) is 8.60. The maximum atomic E-state index is 12.1. The van der Waals surface area contributed by atoms with E-state index in [0.29, 0.717) is 18.2 Å². The summed E-state index contributed by atoms with van der Waals surface area (Å²) in [6.45, 7) is 11.3. The lowest BCUT2D eigenvalue weighted by Crippen LogP contribution is -2.48. The Labute approximate surface area is 139 Å². The SMILES string of the molecule is CC(N)CCNC(=O)c1ccc(N2CCN(C(C)C)CC2)cc1. The minimum absolute atomic E-state index is 0.0261. The molecule has 0 aromatic heterocycles. The molecule has 3 N–H and O–H groups in total. The second-order valence-corrected chi connectivity index (χ2v) is 6.69. The van der Waals surface area contributed by atoms with Gasteiger partial charge in [-0.05, 0) is 51.5 Å². The van der Waals surface area contributed by atoms with Crippen molar-refractivity contribution in [3.63, 3.8) is 0 Å². The third-order valence-electron chi connectivity index (χ3n) is 4.42. The number of anilines is 1. The van der Waals surface area contributed by atoms with Gasteiger partial charge in [0, 0.05) is 56.1 Å². The Hall–Kier alpha value is -1.59. The van der Waals surface area contributed by atoms with Gasteiger partial charge in [-0.1, -0.05) is 0 Å². The van der Waals surface area contributed by atoms with Crippen LogP contribution < -0.4 is 16.0 Å². The monoisotopic (exact) mass is 318 g/mol. The number of benzene rings is 1. The molecule has 1 aliphatic heterocycles. The van der Waals surface area contributed by atoms with Crippen molar-refractivity contribution in [1.29, 1.82) is 0 Å². The molecule has 1 atom stereocenters. The molecule has 0 spiro atoms. The molecule has 5 heteroatoms. The molecule has 5 nitrogen and oxygen atoms in total. The number of carbonyl (C=O) groups is 1. The van der Waals surface area contributed by atoms with Crippen LogP contribution in [0.15, 0.2) is 24.3 Å². The molecule has 1 aromatic carbocycles. The lowest BCUT2D eigenvalue weighted by atomic mass is 10.1. The number of carbonyl (C=O) groups excluding carboxylic acids is 1. The predicted octanol–water partition coefficient (Wildman–Crippen LogP) is 1.68. The highest BCUT2D eigenvalue weighted by Crippen LogP contribution is 2.18. The van der Waals surface area contributed by atoms with E-state index < -0.39 is 0 Å². The molecule has 1 heterocycles. The normalized spacial score (nSPS) is 17.3. The molecular formula is C18H30N4O. The van der Waals surface area contributed by atoms with Crippen LogP contribution in [0.3, 0.4) is 0 Å². The van der Waals surface area contributed by atoms with Crippen molar-refractivity contribution in [2.24, 2.45) is 5.73 Å². The van der Waals surface area contributed by atoms with Crippen molar-refractivity contribution in [2.75, 3.05) is 37.6 Å². The highest BCUT2D eigenvalue weighted by atomic mass is 16.1. The third kappa shape index (κ3) is 5.22. The molecule has 1 aromatic rings. The predicted molar refractivity (Wildman–Crippen MR) is 96.0 cm³/mol. The summed E-state index contributed by atoms with van der Waals surface area (Å²) in [5.41, 5.74) is 7.59. The van der Waals surface area contributed by atoms with E-state index in [4.69, 9.17) is 5.73 Å². The minimum atomic E-state index is -0.0261. The number of amides is 1. The number of piperazine rings is 1. The molecule has 1 fully saturated rings. The van der Waals surface area contributed by atoms with Crippen LogP contribution in [0.1, 0.15) is 37.6 Å². The Balaban J connectivity index is 1.86. The molecule has 1 aliphatic rings. The second-order valence-electron chi connectivity index (χ2n) is 6.69. The van der Waals surface area contributed by atoms with Gasteiger partial charge < -0.3 is 16.0 Å². The summed E-state index contributed by atoms with van der Waals surface area (Å²) in [7, 11) is 0. The van der Waals surface area contributed by atoms with E-state index in [0.717, 1.165) is 32.6 Å². The molecule has 2 rings (SSSR count). The summed E-state index contributed by atoms with van der Waals surface area (Å²) in [6, 6.07) is 8.63. The number of nitrogens with zero attached hydrogens (tertiary/aromatic N) is 2. The number of nitrogens with two attached hydrogens (primary N) is 1. The number of hydrogen-bond donors (Lipinski definition) is 2. The first-order valence-corrected chi connectivity index (χ1v) is 8.60. The summed E-state index contributed by atoms with van der Waals surface area (Å²) >= 11 is 0. The minimum Gasteiger partial charge on any atom is -0.369 e. The van der Waals surface area contributed by atoms with Crippen LogP contribution in [0.4, 0.5) is 5.69 Å². The molecule has 128 valence electrons. The average molecular weight is 318 g/mol. The summed E-state index contributed by atoms with van der Waals surface area (Å²) < 4.78 is 0. The van der Waals surface area contributed by atoms with E-state index in [1.165, 1.54) is 5.69 Å². The first kappa shape index (κ1) is 17.8. The molecule has 23 heavy (non-hydrogen) atoms. The van der Waals surface area contributed by atoms with Crippen molar-refractivity contribution in [3.8, 4) is 0 Å². The zero-order chi connectivity index (χ0) is 16.8. The lowest BCUT2D eigenvalue weighted by Gasteiger charge is -2.38. The van der Waals surface area contributed by atoms with Gasteiger partial charge >= 0.3 is 0 Å². The average Bonchev–Trinajstić information content (AvgIpc) is 2.54. The third-order valence-corrected chi connectivity index (χ3v) is 4.42. The number of hydrogen-bond acceptors (Lipinski definition) is 4. The fourth-order valence-corrected chi connectivity index (χ4v) is 2.84. The Morgan fingerprint density at radius 1 is 1.13 bits per heavy atom. The number of rotatable bonds is 6. The van der Waals surface area contributed by atoms with Gasteiger partial charge in [-0.2, -0.15) is 0 Å². The summed E-state index contributed by atoms with van der Waals surface area (Å²) in [4.78, 5) is 16.9. The van der Waals surface area contributed by atoms with Crippen LogP contribution in [-0.4, -0.2) is 55.6 Å². The standard InChI is InChI=1S/C18H30N4O/c1-14(2)21-10-12-22(13-11-21)17-6-4-16(5-7-17)18(23)20-9-8-15(3)19/h4-7,14-15H,8-13,19H2,1-3H3,(H,20,23). The zero-order valence-electron chi connectivity index (χ0n) is 14.6. The first-order chi connectivity index (χ1) is 11.0. The molecule has 0 saturated carbocycles. The smallest absolute Gasteiger partial charge is 0.251 e. The van der Waals surface area contributed by atoms with Crippen LogP contribution in [0.25, 0.3) is 0 Å². The van der Waals surface area contributed by atoms with Crippen LogP contribution in [-0.2, 0) is 0 Å². The zero-order valence-corrected chi connectivity index (χ0v) is 14.6. The molecule has 1 unspecified atom stereocenters. The molecule has 1 saturated heterocycles.